The molecule has 3 nitrogen and oxygen atoms in total. The maximum absolute atomic E-state index is 5.25. The Balaban J connectivity index is 4.28. The van der Waals surface area contributed by atoms with Crippen molar-refractivity contribution in [1.29, 1.82) is 0 Å². The summed E-state index contributed by atoms with van der Waals surface area (Å²) in [6.07, 6.45) is 2.44. The molecule has 0 saturated carbocycles. The van der Waals surface area contributed by atoms with Gasteiger partial charge in [-0.15, -0.1) is 0 Å². The SMILES string of the molecule is CCC(CC)N(CCOC)CC(C)CNC(C)(C)C. The van der Waals surface area contributed by atoms with Crippen molar-refractivity contribution in [1.82, 2.24) is 10.2 Å². The molecule has 1 unspecified atom stereocenters. The molecule has 0 aliphatic carbocycles. The van der Waals surface area contributed by atoms with Gasteiger partial charge in [0.1, 0.15) is 0 Å². The Kier molecular flexibility index (Phi) is 9.67. The van der Waals surface area contributed by atoms with E-state index in [-0.39, 0.29) is 5.54 Å². The third-order valence-electron chi connectivity index (χ3n) is 3.57. The first-order valence-corrected chi connectivity index (χ1v) is 7.82. The van der Waals surface area contributed by atoms with E-state index in [1.165, 1.54) is 12.8 Å². The molecule has 0 rings (SSSR count). The van der Waals surface area contributed by atoms with Crippen molar-refractivity contribution in [3.05, 3.63) is 0 Å². The van der Waals surface area contributed by atoms with Crippen molar-refractivity contribution in [2.75, 3.05) is 33.4 Å². The van der Waals surface area contributed by atoms with Crippen LogP contribution in [0.4, 0.5) is 0 Å². The molecule has 116 valence electrons. The van der Waals surface area contributed by atoms with E-state index in [1.807, 2.05) is 0 Å². The minimum absolute atomic E-state index is 0.209. The minimum atomic E-state index is 0.209. The predicted molar refractivity (Wildman–Crippen MR) is 84.7 cm³/mol. The lowest BCUT2D eigenvalue weighted by atomic mass is 10.0. The van der Waals surface area contributed by atoms with Crippen LogP contribution in [0.15, 0.2) is 0 Å². The standard InChI is InChI=1S/C16H36N2O/c1-8-15(9-2)18(10-11-19-7)13-14(3)12-17-16(4,5)6/h14-15,17H,8-13H2,1-7H3. The third kappa shape index (κ3) is 9.42. The number of nitrogens with one attached hydrogen (secondary N) is 1. The lowest BCUT2D eigenvalue weighted by Crippen LogP contribution is -2.44. The summed E-state index contributed by atoms with van der Waals surface area (Å²) in [5.74, 6) is 0.664. The highest BCUT2D eigenvalue weighted by molar-refractivity contribution is 4.76. The molecule has 0 saturated heterocycles. The lowest BCUT2D eigenvalue weighted by molar-refractivity contribution is 0.102. The molecular weight excluding hydrogens is 236 g/mol. The van der Waals surface area contributed by atoms with Gasteiger partial charge in [0.25, 0.3) is 0 Å². The van der Waals surface area contributed by atoms with Crippen molar-refractivity contribution in [2.24, 2.45) is 5.92 Å². The predicted octanol–water partition coefficient (Wildman–Crippen LogP) is 3.15. The summed E-state index contributed by atoms with van der Waals surface area (Å²) in [6.45, 7) is 17.7. The summed E-state index contributed by atoms with van der Waals surface area (Å²) in [6, 6.07) is 0.687. The molecule has 0 aromatic carbocycles. The van der Waals surface area contributed by atoms with Crippen LogP contribution in [0.3, 0.4) is 0 Å². The highest BCUT2D eigenvalue weighted by atomic mass is 16.5. The second kappa shape index (κ2) is 9.73. The summed E-state index contributed by atoms with van der Waals surface area (Å²) in [5.41, 5.74) is 0.209. The summed E-state index contributed by atoms with van der Waals surface area (Å²) < 4.78 is 5.25. The van der Waals surface area contributed by atoms with Crippen LogP contribution in [-0.2, 0) is 4.74 Å². The molecule has 0 heterocycles. The van der Waals surface area contributed by atoms with Gasteiger partial charge < -0.3 is 10.1 Å². The van der Waals surface area contributed by atoms with Crippen molar-refractivity contribution < 1.29 is 4.74 Å². The maximum Gasteiger partial charge on any atom is 0.0589 e. The summed E-state index contributed by atoms with van der Waals surface area (Å²) in [5, 5.41) is 3.60. The van der Waals surface area contributed by atoms with Gasteiger partial charge >= 0.3 is 0 Å². The fraction of sp³-hybridized carbons (Fsp3) is 1.00. The van der Waals surface area contributed by atoms with E-state index in [2.05, 4.69) is 51.8 Å². The highest BCUT2D eigenvalue weighted by Crippen LogP contribution is 2.12. The molecule has 0 aromatic heterocycles. The maximum atomic E-state index is 5.25. The number of ether oxygens (including phenoxy) is 1. The molecule has 0 spiro atoms. The zero-order valence-corrected chi connectivity index (χ0v) is 14.3. The molecule has 0 bridgehead atoms. The fourth-order valence-corrected chi connectivity index (χ4v) is 2.38. The van der Waals surface area contributed by atoms with Gasteiger partial charge in [-0.25, -0.2) is 0 Å². The van der Waals surface area contributed by atoms with Gasteiger partial charge in [-0.05, 0) is 46.1 Å². The molecule has 1 N–H and O–H groups in total. The molecule has 0 amide bonds. The van der Waals surface area contributed by atoms with Crippen molar-refractivity contribution >= 4 is 0 Å². The molecule has 3 heteroatoms. The first-order chi connectivity index (χ1) is 8.84. The second-order valence-electron chi connectivity index (χ2n) is 6.69. The lowest BCUT2D eigenvalue weighted by Gasteiger charge is -2.33. The van der Waals surface area contributed by atoms with Gasteiger partial charge in [-0.3, -0.25) is 4.90 Å². The smallest absolute Gasteiger partial charge is 0.0589 e. The van der Waals surface area contributed by atoms with E-state index in [9.17, 15) is 0 Å². The molecule has 0 fully saturated rings. The van der Waals surface area contributed by atoms with Crippen LogP contribution in [0.25, 0.3) is 0 Å². The van der Waals surface area contributed by atoms with Gasteiger partial charge in [0, 0.05) is 31.8 Å². The molecule has 19 heavy (non-hydrogen) atoms. The first kappa shape index (κ1) is 18.9. The molecular formula is C16H36N2O. The zero-order valence-electron chi connectivity index (χ0n) is 14.3. The van der Waals surface area contributed by atoms with Gasteiger partial charge in [0.05, 0.1) is 6.61 Å². The van der Waals surface area contributed by atoms with Crippen LogP contribution in [0, 0.1) is 5.92 Å². The van der Waals surface area contributed by atoms with Crippen LogP contribution in [-0.4, -0.2) is 49.8 Å². The van der Waals surface area contributed by atoms with E-state index in [0.717, 1.165) is 26.2 Å². The van der Waals surface area contributed by atoms with Crippen LogP contribution >= 0.6 is 0 Å². The fourth-order valence-electron chi connectivity index (χ4n) is 2.38. The largest absolute Gasteiger partial charge is 0.383 e. The second-order valence-corrected chi connectivity index (χ2v) is 6.69. The van der Waals surface area contributed by atoms with Gasteiger partial charge in [-0.1, -0.05) is 20.8 Å². The first-order valence-electron chi connectivity index (χ1n) is 7.82. The molecule has 0 aliphatic heterocycles. The minimum Gasteiger partial charge on any atom is -0.383 e. The van der Waals surface area contributed by atoms with E-state index >= 15 is 0 Å². The van der Waals surface area contributed by atoms with E-state index in [4.69, 9.17) is 4.74 Å². The van der Waals surface area contributed by atoms with Crippen LogP contribution in [0.1, 0.15) is 54.4 Å². The van der Waals surface area contributed by atoms with E-state index in [1.54, 1.807) is 7.11 Å². The number of nitrogens with zero attached hydrogens (tertiary/aromatic N) is 1. The molecule has 0 radical (unpaired) electrons. The number of hydrogen-bond donors (Lipinski definition) is 1. The van der Waals surface area contributed by atoms with Crippen molar-refractivity contribution in [3.63, 3.8) is 0 Å². The van der Waals surface area contributed by atoms with Crippen molar-refractivity contribution in [2.45, 2.75) is 66.0 Å². The Bertz CT molecular complexity index is 209. The normalized spacial score (nSPS) is 14.4. The Morgan fingerprint density at radius 1 is 1.16 bits per heavy atom. The van der Waals surface area contributed by atoms with Crippen LogP contribution < -0.4 is 5.32 Å². The number of rotatable bonds is 10. The Labute approximate surface area is 121 Å². The highest BCUT2D eigenvalue weighted by Gasteiger charge is 2.18. The van der Waals surface area contributed by atoms with Crippen LogP contribution in [0.5, 0.6) is 0 Å². The van der Waals surface area contributed by atoms with Crippen molar-refractivity contribution in [3.8, 4) is 0 Å². The van der Waals surface area contributed by atoms with Gasteiger partial charge in [0.15, 0.2) is 0 Å². The summed E-state index contributed by atoms with van der Waals surface area (Å²) in [7, 11) is 1.79. The average Bonchev–Trinajstić information content (AvgIpc) is 2.33. The summed E-state index contributed by atoms with van der Waals surface area (Å²) >= 11 is 0. The Hall–Kier alpha value is -0.120. The van der Waals surface area contributed by atoms with E-state index < -0.39 is 0 Å². The number of hydrogen-bond acceptors (Lipinski definition) is 3. The van der Waals surface area contributed by atoms with Crippen LogP contribution in [0.2, 0.25) is 0 Å². The molecule has 0 aromatic rings. The monoisotopic (exact) mass is 272 g/mol. The zero-order chi connectivity index (χ0) is 14.9. The average molecular weight is 272 g/mol. The number of methoxy groups -OCH3 is 1. The Morgan fingerprint density at radius 2 is 1.74 bits per heavy atom. The Morgan fingerprint density at radius 3 is 2.16 bits per heavy atom. The summed E-state index contributed by atoms with van der Waals surface area (Å²) in [4.78, 5) is 2.60. The molecule has 1 atom stereocenters. The van der Waals surface area contributed by atoms with E-state index in [0.29, 0.717) is 12.0 Å². The molecule has 0 aliphatic rings. The topological polar surface area (TPSA) is 24.5 Å². The quantitative estimate of drug-likeness (QED) is 0.661. The van der Waals surface area contributed by atoms with Gasteiger partial charge in [0.2, 0.25) is 0 Å². The third-order valence-corrected chi connectivity index (χ3v) is 3.57. The van der Waals surface area contributed by atoms with Gasteiger partial charge in [-0.2, -0.15) is 0 Å².